The highest BCUT2D eigenvalue weighted by Crippen LogP contribution is 2.36. The number of carbonyl (C=O) groups excluding carboxylic acids is 2. The van der Waals surface area contributed by atoms with E-state index in [4.69, 9.17) is 0 Å². The minimum atomic E-state index is -2.59. The van der Waals surface area contributed by atoms with Crippen molar-refractivity contribution in [2.45, 2.75) is 43.0 Å². The van der Waals surface area contributed by atoms with Crippen LogP contribution in [-0.2, 0) is 9.59 Å². The molecule has 0 saturated carbocycles. The summed E-state index contributed by atoms with van der Waals surface area (Å²) in [6.45, 7) is 3.37. The normalized spacial score (nSPS) is 22.6. The molecule has 1 aliphatic heterocycles. The Labute approximate surface area is 125 Å². The van der Waals surface area contributed by atoms with Gasteiger partial charge in [0.2, 0.25) is 11.8 Å². The summed E-state index contributed by atoms with van der Waals surface area (Å²) < 4.78 is 25.4. The number of benzene rings is 1. The van der Waals surface area contributed by atoms with Gasteiger partial charge in [0.15, 0.2) is 0 Å². The van der Waals surface area contributed by atoms with E-state index in [0.29, 0.717) is 28.8 Å². The molecule has 0 radical (unpaired) electrons. The average Bonchev–Trinajstić information content (AvgIpc) is 2.43. The van der Waals surface area contributed by atoms with Gasteiger partial charge in [0.25, 0.3) is 5.76 Å². The molecule has 7 heteroatoms. The van der Waals surface area contributed by atoms with Gasteiger partial charge in [0.1, 0.15) is 12.1 Å². The first-order valence-corrected chi connectivity index (χ1v) is 7.51. The second kappa shape index (κ2) is 6.43. The number of anilines is 1. The number of para-hydroxylation sites is 1. The Kier molecular flexibility index (Phi) is 4.82. The predicted octanol–water partition coefficient (Wildman–Crippen LogP) is 2.63. The number of carbonyl (C=O) groups is 2. The second-order valence-corrected chi connectivity index (χ2v) is 5.74. The van der Waals surface area contributed by atoms with Gasteiger partial charge in [0, 0.05) is 4.90 Å². The van der Waals surface area contributed by atoms with Crippen molar-refractivity contribution in [2.75, 3.05) is 4.90 Å². The average molecular weight is 314 g/mol. The number of piperazine rings is 1. The summed E-state index contributed by atoms with van der Waals surface area (Å²) in [6, 6.07) is 5.09. The number of hydrogen-bond acceptors (Lipinski definition) is 3. The number of hydrogen-bond donors (Lipinski definition) is 1. The zero-order valence-electron chi connectivity index (χ0n) is 11.7. The maximum Gasteiger partial charge on any atom is 0.288 e. The number of halogens is 2. The fraction of sp³-hybridized carbons (Fsp3) is 0.429. The number of amides is 2. The van der Waals surface area contributed by atoms with Crippen molar-refractivity contribution in [1.29, 1.82) is 0 Å². The van der Waals surface area contributed by atoms with Gasteiger partial charge in [-0.25, -0.2) is 0 Å². The SMILES string of the molecule is CCC1C(=O)NC(C)C(=O)N1c1ccccc1SC(F)F. The number of nitrogens with zero attached hydrogens (tertiary/aromatic N) is 1. The van der Waals surface area contributed by atoms with Gasteiger partial charge in [-0.2, -0.15) is 8.78 Å². The summed E-state index contributed by atoms with van der Waals surface area (Å²) in [4.78, 5) is 26.1. The van der Waals surface area contributed by atoms with Crippen molar-refractivity contribution < 1.29 is 18.4 Å². The Morgan fingerprint density at radius 2 is 2.00 bits per heavy atom. The van der Waals surface area contributed by atoms with Crippen LogP contribution in [0.4, 0.5) is 14.5 Å². The number of nitrogens with one attached hydrogen (secondary N) is 1. The first-order chi connectivity index (χ1) is 9.95. The van der Waals surface area contributed by atoms with Crippen LogP contribution in [0.3, 0.4) is 0 Å². The Morgan fingerprint density at radius 3 is 2.62 bits per heavy atom. The Morgan fingerprint density at radius 1 is 1.33 bits per heavy atom. The maximum absolute atomic E-state index is 12.7. The Balaban J connectivity index is 2.46. The first-order valence-electron chi connectivity index (χ1n) is 6.63. The molecule has 1 saturated heterocycles. The lowest BCUT2D eigenvalue weighted by atomic mass is 10.0. The van der Waals surface area contributed by atoms with Crippen molar-refractivity contribution in [3.05, 3.63) is 24.3 Å². The molecule has 0 bridgehead atoms. The van der Waals surface area contributed by atoms with Gasteiger partial charge < -0.3 is 5.32 Å². The first kappa shape index (κ1) is 15.8. The van der Waals surface area contributed by atoms with E-state index in [0.717, 1.165) is 0 Å². The van der Waals surface area contributed by atoms with Gasteiger partial charge in [-0.1, -0.05) is 30.8 Å². The number of rotatable bonds is 4. The minimum absolute atomic E-state index is 0.263. The molecular formula is C14H16F2N2O2S. The van der Waals surface area contributed by atoms with Crippen LogP contribution in [0.1, 0.15) is 20.3 Å². The van der Waals surface area contributed by atoms with Crippen molar-refractivity contribution in [1.82, 2.24) is 5.32 Å². The van der Waals surface area contributed by atoms with Gasteiger partial charge >= 0.3 is 0 Å². The molecule has 1 aromatic carbocycles. The van der Waals surface area contributed by atoms with Gasteiger partial charge in [-0.15, -0.1) is 0 Å². The summed E-state index contributed by atoms with van der Waals surface area (Å²) in [5, 5.41) is 2.60. The topological polar surface area (TPSA) is 49.4 Å². The lowest BCUT2D eigenvalue weighted by molar-refractivity contribution is -0.133. The van der Waals surface area contributed by atoms with E-state index in [2.05, 4.69) is 5.32 Å². The summed E-state index contributed by atoms with van der Waals surface area (Å²) in [5.74, 6) is -3.14. The third-order valence-corrected chi connectivity index (χ3v) is 4.09. The standard InChI is InChI=1S/C14H16F2N2O2S/c1-3-9-12(19)17-8(2)13(20)18(9)10-6-4-5-7-11(10)21-14(15)16/h4-9,14H,3H2,1-2H3,(H,17,19). The molecule has 0 spiro atoms. The van der Waals surface area contributed by atoms with Crippen LogP contribution in [0, 0.1) is 0 Å². The highest BCUT2D eigenvalue weighted by molar-refractivity contribution is 7.99. The van der Waals surface area contributed by atoms with Crippen LogP contribution < -0.4 is 10.2 Å². The largest absolute Gasteiger partial charge is 0.343 e. The molecule has 21 heavy (non-hydrogen) atoms. The fourth-order valence-corrected chi connectivity index (χ4v) is 2.99. The molecule has 2 amide bonds. The van der Waals surface area contributed by atoms with Crippen LogP contribution in [0.5, 0.6) is 0 Å². The summed E-state index contributed by atoms with van der Waals surface area (Å²) in [5.41, 5.74) is 0.362. The fourth-order valence-electron chi connectivity index (χ4n) is 2.36. The predicted molar refractivity (Wildman–Crippen MR) is 77.5 cm³/mol. The lowest BCUT2D eigenvalue weighted by Gasteiger charge is -2.38. The van der Waals surface area contributed by atoms with Crippen molar-refractivity contribution in [2.24, 2.45) is 0 Å². The molecule has 4 nitrogen and oxygen atoms in total. The van der Waals surface area contributed by atoms with Gasteiger partial charge in [-0.3, -0.25) is 14.5 Å². The molecule has 2 unspecified atom stereocenters. The van der Waals surface area contributed by atoms with Gasteiger partial charge in [-0.05, 0) is 25.5 Å². The Hall–Kier alpha value is -1.63. The van der Waals surface area contributed by atoms with Gasteiger partial charge in [0.05, 0.1) is 5.69 Å². The van der Waals surface area contributed by atoms with Crippen molar-refractivity contribution in [3.63, 3.8) is 0 Å². The minimum Gasteiger partial charge on any atom is -0.343 e. The van der Waals surface area contributed by atoms with E-state index in [1.165, 1.54) is 11.0 Å². The molecular weight excluding hydrogens is 298 g/mol. The maximum atomic E-state index is 12.7. The van der Waals surface area contributed by atoms with E-state index in [1.54, 1.807) is 32.0 Å². The van der Waals surface area contributed by atoms with E-state index in [1.807, 2.05) is 0 Å². The second-order valence-electron chi connectivity index (χ2n) is 4.71. The quantitative estimate of drug-likeness (QED) is 0.869. The molecule has 1 fully saturated rings. The molecule has 0 aromatic heterocycles. The molecule has 2 rings (SSSR count). The summed E-state index contributed by atoms with van der Waals surface area (Å²) >= 11 is 0.377. The monoisotopic (exact) mass is 314 g/mol. The van der Waals surface area contributed by atoms with Crippen LogP contribution in [0.25, 0.3) is 0 Å². The lowest BCUT2D eigenvalue weighted by Crippen LogP contribution is -2.62. The van der Waals surface area contributed by atoms with Crippen molar-refractivity contribution in [3.8, 4) is 0 Å². The third-order valence-electron chi connectivity index (χ3n) is 3.31. The Bertz CT molecular complexity index is 554. The van der Waals surface area contributed by atoms with E-state index in [-0.39, 0.29) is 11.8 Å². The highest BCUT2D eigenvalue weighted by atomic mass is 32.2. The number of thioether (sulfide) groups is 1. The van der Waals surface area contributed by atoms with E-state index in [9.17, 15) is 18.4 Å². The van der Waals surface area contributed by atoms with Crippen molar-refractivity contribution >= 4 is 29.3 Å². The summed E-state index contributed by atoms with van der Waals surface area (Å²) in [7, 11) is 0. The molecule has 114 valence electrons. The third kappa shape index (κ3) is 3.18. The van der Waals surface area contributed by atoms with Crippen LogP contribution in [0.15, 0.2) is 29.2 Å². The molecule has 2 atom stereocenters. The van der Waals surface area contributed by atoms with E-state index >= 15 is 0 Å². The smallest absolute Gasteiger partial charge is 0.288 e. The zero-order chi connectivity index (χ0) is 15.6. The molecule has 0 aliphatic carbocycles. The molecule has 1 aromatic rings. The zero-order valence-corrected chi connectivity index (χ0v) is 12.5. The van der Waals surface area contributed by atoms with E-state index < -0.39 is 17.8 Å². The molecule has 1 N–H and O–H groups in total. The van der Waals surface area contributed by atoms with Crippen LogP contribution >= 0.6 is 11.8 Å². The summed E-state index contributed by atoms with van der Waals surface area (Å²) in [6.07, 6.45) is 0.415. The molecule has 1 heterocycles. The molecule has 1 aliphatic rings. The number of alkyl halides is 2. The van der Waals surface area contributed by atoms with Crippen LogP contribution in [-0.4, -0.2) is 29.7 Å². The highest BCUT2D eigenvalue weighted by Gasteiger charge is 2.39. The van der Waals surface area contributed by atoms with Crippen LogP contribution in [0.2, 0.25) is 0 Å².